The van der Waals surface area contributed by atoms with Gasteiger partial charge in [0.1, 0.15) is 0 Å². The Bertz CT molecular complexity index is 202. The molecule has 0 N–H and O–H groups in total. The predicted molar refractivity (Wildman–Crippen MR) is 36.7 cm³/mol. The van der Waals surface area contributed by atoms with Gasteiger partial charge in [-0.15, -0.1) is 0 Å². The van der Waals surface area contributed by atoms with Crippen LogP contribution in [0, 0.1) is 5.92 Å². The second kappa shape index (κ2) is 2.70. The van der Waals surface area contributed by atoms with E-state index in [0.29, 0.717) is 12.5 Å². The molecule has 2 aliphatic heterocycles. The molecule has 11 heavy (non-hydrogen) atoms. The molecule has 2 rings (SSSR count). The number of nitrogens with zero attached hydrogens (tertiary/aromatic N) is 3. The van der Waals surface area contributed by atoms with Crippen LogP contribution >= 0.6 is 0 Å². The van der Waals surface area contributed by atoms with Gasteiger partial charge in [0, 0.05) is 10.8 Å². The van der Waals surface area contributed by atoms with Gasteiger partial charge in [-0.25, -0.2) is 0 Å². The van der Waals surface area contributed by atoms with E-state index >= 15 is 0 Å². The highest BCUT2D eigenvalue weighted by Gasteiger charge is 2.40. The molecule has 2 saturated heterocycles. The maximum Gasteiger partial charge on any atom is 0.160 e. The molecule has 2 heterocycles. The third-order valence-electron chi connectivity index (χ3n) is 2.21. The summed E-state index contributed by atoms with van der Waals surface area (Å²) < 4.78 is 10.5. The minimum atomic E-state index is -0.106. The summed E-state index contributed by atoms with van der Waals surface area (Å²) in [6.45, 7) is 1.24. The Morgan fingerprint density at radius 2 is 2.36 bits per heavy atom. The lowest BCUT2D eigenvalue weighted by molar-refractivity contribution is -0.0905. The molecule has 0 aromatic rings. The molecule has 0 spiro atoms. The quantitative estimate of drug-likeness (QED) is 0.322. The molecule has 5 heteroatoms. The van der Waals surface area contributed by atoms with E-state index in [4.69, 9.17) is 15.0 Å². The van der Waals surface area contributed by atoms with Crippen LogP contribution in [-0.2, 0) is 9.47 Å². The van der Waals surface area contributed by atoms with Crippen LogP contribution in [0.5, 0.6) is 0 Å². The van der Waals surface area contributed by atoms with Crippen LogP contribution in [0.2, 0.25) is 0 Å². The average molecular weight is 155 g/mol. The molecule has 5 nitrogen and oxygen atoms in total. The van der Waals surface area contributed by atoms with E-state index in [2.05, 4.69) is 10.0 Å². The van der Waals surface area contributed by atoms with Crippen LogP contribution in [-0.4, -0.2) is 25.5 Å². The van der Waals surface area contributed by atoms with Gasteiger partial charge in [-0.2, -0.15) is 0 Å². The topological polar surface area (TPSA) is 67.2 Å². The second-order valence-corrected chi connectivity index (χ2v) is 2.80. The lowest BCUT2D eigenvalue weighted by atomic mass is 10.0. The van der Waals surface area contributed by atoms with Gasteiger partial charge in [0.2, 0.25) is 0 Å². The number of hydrogen-bond acceptors (Lipinski definition) is 3. The van der Waals surface area contributed by atoms with Crippen molar-refractivity contribution in [1.29, 1.82) is 0 Å². The minimum Gasteiger partial charge on any atom is -0.352 e. The molecule has 2 fully saturated rings. The van der Waals surface area contributed by atoms with E-state index in [0.717, 1.165) is 13.0 Å². The number of azide groups is 1. The maximum atomic E-state index is 8.21. The van der Waals surface area contributed by atoms with Crippen LogP contribution in [0.4, 0.5) is 0 Å². The third-order valence-corrected chi connectivity index (χ3v) is 2.21. The van der Waals surface area contributed by atoms with Gasteiger partial charge in [-0.05, 0) is 12.0 Å². The molecule has 0 amide bonds. The van der Waals surface area contributed by atoms with Gasteiger partial charge in [0.25, 0.3) is 0 Å². The molecule has 0 bridgehead atoms. The highest BCUT2D eigenvalue weighted by molar-refractivity contribution is 4.87. The molecular weight excluding hydrogens is 146 g/mol. The van der Waals surface area contributed by atoms with E-state index < -0.39 is 0 Å². The molecule has 0 aromatic heterocycles. The summed E-state index contributed by atoms with van der Waals surface area (Å²) in [5.41, 5.74) is 8.21. The summed E-state index contributed by atoms with van der Waals surface area (Å²) in [5.74, 6) is 0.297. The van der Waals surface area contributed by atoms with Crippen molar-refractivity contribution in [1.82, 2.24) is 0 Å². The Labute approximate surface area is 63.9 Å². The first-order chi connectivity index (χ1) is 5.42. The molecule has 0 aliphatic carbocycles. The van der Waals surface area contributed by atoms with Crippen LogP contribution in [0.15, 0.2) is 5.11 Å². The summed E-state index contributed by atoms with van der Waals surface area (Å²) in [6, 6.07) is -0.00694. The van der Waals surface area contributed by atoms with Gasteiger partial charge >= 0.3 is 0 Å². The standard InChI is InChI=1S/C6H9N3O2/c7-9-8-5-3-11-6-4(5)1-2-10-6/h4-6H,1-3H2/t4-,5+,6+/m0/s1. The van der Waals surface area contributed by atoms with Gasteiger partial charge in [-0.1, -0.05) is 5.11 Å². The van der Waals surface area contributed by atoms with Gasteiger partial charge < -0.3 is 9.47 Å². The van der Waals surface area contributed by atoms with Crippen molar-refractivity contribution in [2.45, 2.75) is 18.8 Å². The lowest BCUT2D eigenvalue weighted by Gasteiger charge is -2.07. The Morgan fingerprint density at radius 1 is 1.45 bits per heavy atom. The monoisotopic (exact) mass is 155 g/mol. The van der Waals surface area contributed by atoms with Crippen molar-refractivity contribution in [3.63, 3.8) is 0 Å². The molecule has 60 valence electrons. The number of hydrogen-bond donors (Lipinski definition) is 0. The van der Waals surface area contributed by atoms with Gasteiger partial charge in [-0.3, -0.25) is 0 Å². The smallest absolute Gasteiger partial charge is 0.160 e. The van der Waals surface area contributed by atoms with E-state index in [1.807, 2.05) is 0 Å². The molecule has 0 unspecified atom stereocenters. The fourth-order valence-electron chi connectivity index (χ4n) is 1.63. The van der Waals surface area contributed by atoms with Gasteiger partial charge in [0.15, 0.2) is 6.29 Å². The number of rotatable bonds is 1. The van der Waals surface area contributed by atoms with Crippen LogP contribution in [0.1, 0.15) is 6.42 Å². The fourth-order valence-corrected chi connectivity index (χ4v) is 1.63. The van der Waals surface area contributed by atoms with Crippen molar-refractivity contribution >= 4 is 0 Å². The largest absolute Gasteiger partial charge is 0.352 e. The lowest BCUT2D eigenvalue weighted by Crippen LogP contribution is -2.16. The highest BCUT2D eigenvalue weighted by atomic mass is 16.7. The normalized spacial score (nSPS) is 41.6. The second-order valence-electron chi connectivity index (χ2n) is 2.80. The highest BCUT2D eigenvalue weighted by Crippen LogP contribution is 2.32. The Hall–Kier alpha value is -0.770. The Kier molecular flexibility index (Phi) is 1.69. The Balaban J connectivity index is 2.08. The molecule has 0 saturated carbocycles. The van der Waals surface area contributed by atoms with Crippen molar-refractivity contribution in [2.24, 2.45) is 11.0 Å². The number of ether oxygens (including phenoxy) is 2. The minimum absolute atomic E-state index is 0.00694. The third kappa shape index (κ3) is 1.07. The van der Waals surface area contributed by atoms with E-state index in [1.165, 1.54) is 0 Å². The summed E-state index contributed by atoms with van der Waals surface area (Å²) in [4.78, 5) is 2.77. The zero-order chi connectivity index (χ0) is 7.68. The molecule has 0 aromatic carbocycles. The molecule has 2 aliphatic rings. The van der Waals surface area contributed by atoms with Crippen LogP contribution in [0.25, 0.3) is 10.4 Å². The first kappa shape index (κ1) is 6.91. The number of fused-ring (bicyclic) bond motifs is 1. The molecule has 3 atom stereocenters. The summed E-state index contributed by atoms with van der Waals surface area (Å²) in [5, 5.41) is 3.64. The van der Waals surface area contributed by atoms with E-state index in [9.17, 15) is 0 Å². The predicted octanol–water partition coefficient (Wildman–Crippen LogP) is 1.06. The fraction of sp³-hybridized carbons (Fsp3) is 1.00. The SMILES string of the molecule is [N-]=[N+]=N[C@@H]1CO[C@H]2OCC[C@H]21. The zero-order valence-corrected chi connectivity index (χ0v) is 6.01. The van der Waals surface area contributed by atoms with Crippen molar-refractivity contribution in [3.8, 4) is 0 Å². The summed E-state index contributed by atoms with van der Waals surface area (Å²) >= 11 is 0. The zero-order valence-electron chi connectivity index (χ0n) is 6.01. The maximum absolute atomic E-state index is 8.21. The average Bonchev–Trinajstić information content (AvgIpc) is 2.53. The van der Waals surface area contributed by atoms with Crippen molar-refractivity contribution in [3.05, 3.63) is 10.4 Å². The van der Waals surface area contributed by atoms with E-state index in [1.54, 1.807) is 0 Å². The van der Waals surface area contributed by atoms with Crippen LogP contribution in [0.3, 0.4) is 0 Å². The summed E-state index contributed by atoms with van der Waals surface area (Å²) in [6.07, 6.45) is 0.847. The summed E-state index contributed by atoms with van der Waals surface area (Å²) in [7, 11) is 0. The van der Waals surface area contributed by atoms with Crippen molar-refractivity contribution in [2.75, 3.05) is 13.2 Å². The van der Waals surface area contributed by atoms with Gasteiger partial charge in [0.05, 0.1) is 19.3 Å². The first-order valence-corrected chi connectivity index (χ1v) is 3.69. The van der Waals surface area contributed by atoms with Crippen LogP contribution < -0.4 is 0 Å². The Morgan fingerprint density at radius 3 is 3.18 bits per heavy atom. The molecule has 0 radical (unpaired) electrons. The molecular formula is C6H9N3O2. The van der Waals surface area contributed by atoms with E-state index in [-0.39, 0.29) is 12.3 Å². The first-order valence-electron chi connectivity index (χ1n) is 3.69. The van der Waals surface area contributed by atoms with Crippen molar-refractivity contribution < 1.29 is 9.47 Å².